The first kappa shape index (κ1) is 17.4. The van der Waals surface area contributed by atoms with Crippen LogP contribution in [0.3, 0.4) is 0 Å². The summed E-state index contributed by atoms with van der Waals surface area (Å²) in [5.41, 5.74) is 0.397. The Labute approximate surface area is 159 Å². The van der Waals surface area contributed by atoms with Gasteiger partial charge in [0.2, 0.25) is 9.84 Å². The normalized spacial score (nSPS) is 14.4. The van der Waals surface area contributed by atoms with E-state index in [1.807, 2.05) is 5.38 Å². The number of sulfone groups is 1. The van der Waals surface area contributed by atoms with Crippen molar-refractivity contribution in [1.82, 2.24) is 10.3 Å². The first-order valence-corrected chi connectivity index (χ1v) is 10.3. The van der Waals surface area contributed by atoms with Crippen LogP contribution in [0.25, 0.3) is 0 Å². The van der Waals surface area contributed by atoms with E-state index in [1.165, 1.54) is 41.7 Å². The summed E-state index contributed by atoms with van der Waals surface area (Å²) in [4.78, 5) is 28.8. The first-order valence-electron chi connectivity index (χ1n) is 7.93. The number of nitrogens with one attached hydrogen (secondary N) is 2. The van der Waals surface area contributed by atoms with E-state index in [1.54, 1.807) is 18.3 Å². The molecule has 4 rings (SSSR count). The van der Waals surface area contributed by atoms with Crippen LogP contribution >= 0.6 is 11.3 Å². The molecule has 3 aromatic rings. The maximum absolute atomic E-state index is 12.9. The van der Waals surface area contributed by atoms with Gasteiger partial charge in [0.25, 0.3) is 11.8 Å². The van der Waals surface area contributed by atoms with Crippen molar-refractivity contribution in [3.63, 3.8) is 0 Å². The first-order chi connectivity index (χ1) is 13.0. The van der Waals surface area contributed by atoms with Crippen LogP contribution in [-0.4, -0.2) is 25.2 Å². The molecule has 2 N–H and O–H groups in total. The number of anilines is 1. The molecule has 0 atom stereocenters. The number of hydrogen-bond donors (Lipinski definition) is 2. The molecule has 27 heavy (non-hydrogen) atoms. The van der Waals surface area contributed by atoms with Crippen LogP contribution in [0.4, 0.5) is 5.69 Å². The van der Waals surface area contributed by atoms with E-state index in [0.717, 1.165) is 5.01 Å². The molecule has 0 spiro atoms. The van der Waals surface area contributed by atoms with Gasteiger partial charge in [-0.25, -0.2) is 13.4 Å². The zero-order valence-electron chi connectivity index (χ0n) is 13.8. The highest BCUT2D eigenvalue weighted by molar-refractivity contribution is 7.91. The van der Waals surface area contributed by atoms with E-state index >= 15 is 0 Å². The van der Waals surface area contributed by atoms with Gasteiger partial charge < -0.3 is 10.6 Å². The lowest BCUT2D eigenvalue weighted by Crippen LogP contribution is -2.23. The van der Waals surface area contributed by atoms with Crippen molar-refractivity contribution in [3.05, 3.63) is 70.2 Å². The number of benzene rings is 2. The molecule has 9 heteroatoms. The van der Waals surface area contributed by atoms with Crippen LogP contribution in [0.2, 0.25) is 0 Å². The Hall–Kier alpha value is -3.04. The predicted octanol–water partition coefficient (Wildman–Crippen LogP) is 2.47. The Morgan fingerprint density at radius 2 is 1.96 bits per heavy atom. The lowest BCUT2D eigenvalue weighted by molar-refractivity contribution is 0.0949. The molecule has 0 saturated heterocycles. The van der Waals surface area contributed by atoms with Gasteiger partial charge in [-0.15, -0.1) is 11.3 Å². The highest BCUT2D eigenvalue weighted by Crippen LogP contribution is 2.34. The van der Waals surface area contributed by atoms with Crippen molar-refractivity contribution in [3.8, 4) is 0 Å². The van der Waals surface area contributed by atoms with E-state index in [2.05, 4.69) is 15.6 Å². The smallest absolute Gasteiger partial charge is 0.257 e. The summed E-state index contributed by atoms with van der Waals surface area (Å²) in [6.07, 6.45) is 1.65. The fourth-order valence-corrected chi connectivity index (χ4v) is 4.95. The van der Waals surface area contributed by atoms with Crippen LogP contribution < -0.4 is 10.6 Å². The van der Waals surface area contributed by atoms with Gasteiger partial charge in [0.15, 0.2) is 0 Å². The van der Waals surface area contributed by atoms with Gasteiger partial charge in [-0.3, -0.25) is 9.59 Å². The van der Waals surface area contributed by atoms with Gasteiger partial charge in [-0.1, -0.05) is 12.1 Å². The number of amides is 2. The van der Waals surface area contributed by atoms with Crippen molar-refractivity contribution in [2.45, 2.75) is 16.3 Å². The molecule has 2 amide bonds. The minimum Gasteiger partial charge on any atom is -0.346 e. The highest BCUT2D eigenvalue weighted by atomic mass is 32.2. The summed E-state index contributed by atoms with van der Waals surface area (Å²) in [5.74, 6) is -0.922. The maximum atomic E-state index is 12.9. The van der Waals surface area contributed by atoms with Crippen LogP contribution in [0.15, 0.2) is 63.8 Å². The van der Waals surface area contributed by atoms with Gasteiger partial charge in [0.1, 0.15) is 5.01 Å². The fourth-order valence-electron chi connectivity index (χ4n) is 2.80. The van der Waals surface area contributed by atoms with Gasteiger partial charge in [0, 0.05) is 17.1 Å². The lowest BCUT2D eigenvalue weighted by atomic mass is 10.1. The third-order valence-corrected chi connectivity index (χ3v) is 6.73. The number of carbonyl (C=O) groups is 2. The summed E-state index contributed by atoms with van der Waals surface area (Å²) >= 11 is 1.42. The SMILES string of the molecule is O=C(NCc1nccs1)c1ccc2c(c1)NC(=O)c1ccccc1S2(=O)=O. The lowest BCUT2D eigenvalue weighted by Gasteiger charge is -2.10. The van der Waals surface area contributed by atoms with Gasteiger partial charge >= 0.3 is 0 Å². The Morgan fingerprint density at radius 1 is 1.15 bits per heavy atom. The van der Waals surface area contributed by atoms with Gasteiger partial charge in [0.05, 0.1) is 27.6 Å². The molecular weight excluding hydrogens is 386 g/mol. The number of hydrogen-bond acceptors (Lipinski definition) is 6. The minimum atomic E-state index is -3.88. The zero-order chi connectivity index (χ0) is 19.0. The molecule has 2 heterocycles. The molecule has 0 aliphatic carbocycles. The van der Waals surface area contributed by atoms with E-state index in [0.29, 0.717) is 0 Å². The Kier molecular flexibility index (Phi) is 4.25. The molecule has 0 bridgehead atoms. The molecule has 1 aliphatic heterocycles. The third-order valence-electron chi connectivity index (χ3n) is 4.08. The Bertz CT molecular complexity index is 1160. The molecule has 0 fully saturated rings. The van der Waals surface area contributed by atoms with Crippen molar-refractivity contribution >= 4 is 38.7 Å². The number of rotatable bonds is 3. The Morgan fingerprint density at radius 3 is 2.74 bits per heavy atom. The second-order valence-electron chi connectivity index (χ2n) is 5.77. The minimum absolute atomic E-state index is 0.0442. The summed E-state index contributed by atoms with van der Waals surface area (Å²) in [7, 11) is -3.88. The van der Waals surface area contributed by atoms with Crippen molar-refractivity contribution in [2.75, 3.05) is 5.32 Å². The fraction of sp³-hybridized carbons (Fsp3) is 0.0556. The molecule has 1 aliphatic rings. The van der Waals surface area contributed by atoms with E-state index in [9.17, 15) is 18.0 Å². The number of nitrogens with zero attached hydrogens (tertiary/aromatic N) is 1. The number of aromatic nitrogens is 1. The van der Waals surface area contributed by atoms with E-state index < -0.39 is 15.7 Å². The number of thiazole rings is 1. The average Bonchev–Trinajstić information content (AvgIpc) is 3.17. The van der Waals surface area contributed by atoms with E-state index in [4.69, 9.17) is 0 Å². The summed E-state index contributed by atoms with van der Waals surface area (Å²) in [5, 5.41) is 7.87. The highest BCUT2D eigenvalue weighted by Gasteiger charge is 2.31. The largest absolute Gasteiger partial charge is 0.346 e. The second kappa shape index (κ2) is 6.60. The van der Waals surface area contributed by atoms with Crippen LogP contribution in [0, 0.1) is 0 Å². The molecule has 1 aromatic heterocycles. The van der Waals surface area contributed by atoms with Gasteiger partial charge in [-0.2, -0.15) is 0 Å². The van der Waals surface area contributed by atoms with Crippen molar-refractivity contribution in [2.24, 2.45) is 0 Å². The second-order valence-corrected chi connectivity index (χ2v) is 8.64. The maximum Gasteiger partial charge on any atom is 0.257 e. The molecule has 7 nitrogen and oxygen atoms in total. The summed E-state index contributed by atoms with van der Waals surface area (Å²) in [6.45, 7) is 0.268. The topological polar surface area (TPSA) is 105 Å². The van der Waals surface area contributed by atoms with Crippen LogP contribution in [-0.2, 0) is 16.4 Å². The van der Waals surface area contributed by atoms with Gasteiger partial charge in [-0.05, 0) is 30.3 Å². The Balaban J connectivity index is 1.69. The average molecular weight is 399 g/mol. The standard InChI is InChI=1S/C18H13N3O4S2/c22-17(20-10-16-19-7-8-26-16)11-5-6-15-13(9-11)21-18(23)12-3-1-2-4-14(12)27(15,24)25/h1-9H,10H2,(H,20,22)(H,21,23). The molecule has 0 unspecified atom stereocenters. The third kappa shape index (κ3) is 3.11. The van der Waals surface area contributed by atoms with Crippen molar-refractivity contribution < 1.29 is 18.0 Å². The van der Waals surface area contributed by atoms with E-state index in [-0.39, 0.29) is 39.1 Å². The molecule has 2 aromatic carbocycles. The van der Waals surface area contributed by atoms with Crippen molar-refractivity contribution in [1.29, 1.82) is 0 Å². The molecular formula is C18H13N3O4S2. The molecule has 0 saturated carbocycles. The molecule has 0 radical (unpaired) electrons. The molecule has 136 valence electrons. The van der Waals surface area contributed by atoms with Crippen LogP contribution in [0.5, 0.6) is 0 Å². The quantitative estimate of drug-likeness (QED) is 0.704. The number of carbonyl (C=O) groups excluding carboxylic acids is 2. The number of fused-ring (bicyclic) bond motifs is 2. The van der Waals surface area contributed by atoms with Crippen LogP contribution in [0.1, 0.15) is 25.7 Å². The monoisotopic (exact) mass is 399 g/mol. The summed E-state index contributed by atoms with van der Waals surface area (Å²) < 4.78 is 25.8. The zero-order valence-corrected chi connectivity index (χ0v) is 15.4. The predicted molar refractivity (Wildman–Crippen MR) is 99.6 cm³/mol. The summed E-state index contributed by atoms with van der Waals surface area (Å²) in [6, 6.07) is 10.1.